The van der Waals surface area contributed by atoms with Gasteiger partial charge in [-0.05, 0) is 31.5 Å². The van der Waals surface area contributed by atoms with Gasteiger partial charge in [0.05, 0.1) is 12.1 Å². The maximum Gasteiger partial charge on any atom is 0.257 e. The largest absolute Gasteiger partial charge is 0.491 e. The van der Waals surface area contributed by atoms with Gasteiger partial charge in [-0.1, -0.05) is 12.1 Å². The molecule has 1 N–H and O–H groups in total. The van der Waals surface area contributed by atoms with E-state index in [1.54, 1.807) is 0 Å². The highest BCUT2D eigenvalue weighted by atomic mass is 16.5. The number of hydrogen-bond donors (Lipinski definition) is 1. The summed E-state index contributed by atoms with van der Waals surface area (Å²) in [6.07, 6.45) is 2.37. The molecule has 4 heteroatoms. The van der Waals surface area contributed by atoms with E-state index in [4.69, 9.17) is 4.74 Å². The van der Waals surface area contributed by atoms with Crippen LogP contribution in [-0.2, 0) is 0 Å². The Morgan fingerprint density at radius 3 is 3.11 bits per heavy atom. The third-order valence-corrected chi connectivity index (χ3v) is 3.63. The SMILES string of the molecule is O=C1c2ccccc2OCCN1C[C@H]1CCCN1. The number of fused-ring (bicyclic) bond motifs is 1. The summed E-state index contributed by atoms with van der Waals surface area (Å²) in [5.41, 5.74) is 0.688. The van der Waals surface area contributed by atoms with Crippen LogP contribution in [0, 0.1) is 0 Å². The van der Waals surface area contributed by atoms with Crippen molar-refractivity contribution < 1.29 is 9.53 Å². The normalized spacial score (nSPS) is 23.4. The molecule has 96 valence electrons. The molecule has 0 aliphatic carbocycles. The maximum atomic E-state index is 12.4. The molecule has 1 atom stereocenters. The molecule has 1 amide bonds. The molecule has 0 aromatic heterocycles. The zero-order valence-corrected chi connectivity index (χ0v) is 10.4. The monoisotopic (exact) mass is 246 g/mol. The van der Waals surface area contributed by atoms with Crippen LogP contribution in [0.5, 0.6) is 5.75 Å². The average molecular weight is 246 g/mol. The number of para-hydroxylation sites is 1. The van der Waals surface area contributed by atoms with Crippen molar-refractivity contribution >= 4 is 5.91 Å². The first-order chi connectivity index (χ1) is 8.84. The number of hydrogen-bond acceptors (Lipinski definition) is 3. The molecule has 2 aliphatic heterocycles. The maximum absolute atomic E-state index is 12.4. The molecule has 18 heavy (non-hydrogen) atoms. The smallest absolute Gasteiger partial charge is 0.257 e. The number of benzene rings is 1. The van der Waals surface area contributed by atoms with E-state index in [2.05, 4.69) is 5.32 Å². The van der Waals surface area contributed by atoms with Crippen LogP contribution in [0.25, 0.3) is 0 Å². The van der Waals surface area contributed by atoms with Crippen LogP contribution in [0.2, 0.25) is 0 Å². The number of ether oxygens (including phenoxy) is 1. The molecule has 0 saturated carbocycles. The summed E-state index contributed by atoms with van der Waals surface area (Å²) >= 11 is 0. The van der Waals surface area contributed by atoms with E-state index in [0.29, 0.717) is 30.5 Å². The summed E-state index contributed by atoms with van der Waals surface area (Å²) in [4.78, 5) is 14.4. The van der Waals surface area contributed by atoms with Crippen LogP contribution in [-0.4, -0.2) is 43.1 Å². The Morgan fingerprint density at radius 1 is 1.39 bits per heavy atom. The summed E-state index contributed by atoms with van der Waals surface area (Å²) in [6, 6.07) is 7.94. The van der Waals surface area contributed by atoms with Crippen molar-refractivity contribution in [1.82, 2.24) is 10.2 Å². The standard InChI is InChI=1S/C14H18N2O2/c17-14-12-5-1-2-6-13(12)18-9-8-16(14)10-11-4-3-7-15-11/h1-2,5-6,11,15H,3-4,7-10H2/t11-/m1/s1. The lowest BCUT2D eigenvalue weighted by Crippen LogP contribution is -2.41. The molecule has 0 unspecified atom stereocenters. The van der Waals surface area contributed by atoms with Crippen molar-refractivity contribution in [1.29, 1.82) is 0 Å². The van der Waals surface area contributed by atoms with Crippen molar-refractivity contribution in [3.05, 3.63) is 29.8 Å². The number of amides is 1. The van der Waals surface area contributed by atoms with Gasteiger partial charge in [-0.15, -0.1) is 0 Å². The Hall–Kier alpha value is -1.55. The van der Waals surface area contributed by atoms with Gasteiger partial charge in [0.25, 0.3) is 5.91 Å². The highest BCUT2D eigenvalue weighted by molar-refractivity contribution is 5.97. The molecule has 0 spiro atoms. The van der Waals surface area contributed by atoms with Gasteiger partial charge < -0.3 is 15.0 Å². The van der Waals surface area contributed by atoms with Crippen LogP contribution in [0.4, 0.5) is 0 Å². The number of carbonyl (C=O) groups is 1. The van der Waals surface area contributed by atoms with Gasteiger partial charge in [-0.25, -0.2) is 0 Å². The lowest BCUT2D eigenvalue weighted by Gasteiger charge is -2.23. The van der Waals surface area contributed by atoms with Crippen LogP contribution < -0.4 is 10.1 Å². The van der Waals surface area contributed by atoms with E-state index in [-0.39, 0.29) is 5.91 Å². The lowest BCUT2D eigenvalue weighted by atomic mass is 10.1. The predicted octanol–water partition coefficient (Wildman–Crippen LogP) is 1.27. The molecule has 4 nitrogen and oxygen atoms in total. The zero-order chi connectivity index (χ0) is 12.4. The molecule has 2 aliphatic rings. The first-order valence-corrected chi connectivity index (χ1v) is 6.59. The highest BCUT2D eigenvalue weighted by Crippen LogP contribution is 2.23. The number of rotatable bonds is 2. The fourth-order valence-electron chi connectivity index (χ4n) is 2.66. The Bertz CT molecular complexity index is 441. The first-order valence-electron chi connectivity index (χ1n) is 6.59. The summed E-state index contributed by atoms with van der Waals surface area (Å²) in [5.74, 6) is 0.807. The molecular weight excluding hydrogens is 228 g/mol. The van der Waals surface area contributed by atoms with Gasteiger partial charge in [-0.2, -0.15) is 0 Å². The van der Waals surface area contributed by atoms with E-state index in [1.165, 1.54) is 6.42 Å². The van der Waals surface area contributed by atoms with Gasteiger partial charge in [-0.3, -0.25) is 4.79 Å². The van der Waals surface area contributed by atoms with Crippen LogP contribution in [0.1, 0.15) is 23.2 Å². The van der Waals surface area contributed by atoms with Crippen LogP contribution in [0.3, 0.4) is 0 Å². The van der Waals surface area contributed by atoms with Gasteiger partial charge in [0.2, 0.25) is 0 Å². The lowest BCUT2D eigenvalue weighted by molar-refractivity contribution is 0.0741. The molecule has 1 aromatic carbocycles. The topological polar surface area (TPSA) is 41.6 Å². The molecule has 2 heterocycles. The Kier molecular flexibility index (Phi) is 3.19. The minimum absolute atomic E-state index is 0.0943. The molecule has 0 bridgehead atoms. The van der Waals surface area contributed by atoms with Crippen molar-refractivity contribution in [3.63, 3.8) is 0 Å². The quantitative estimate of drug-likeness (QED) is 0.854. The Labute approximate surface area is 107 Å². The van der Waals surface area contributed by atoms with Crippen molar-refractivity contribution in [2.45, 2.75) is 18.9 Å². The third-order valence-electron chi connectivity index (χ3n) is 3.63. The van der Waals surface area contributed by atoms with E-state index in [9.17, 15) is 4.79 Å². The van der Waals surface area contributed by atoms with E-state index >= 15 is 0 Å². The fraction of sp³-hybridized carbons (Fsp3) is 0.500. The zero-order valence-electron chi connectivity index (χ0n) is 10.4. The molecular formula is C14H18N2O2. The van der Waals surface area contributed by atoms with Gasteiger partial charge in [0.1, 0.15) is 12.4 Å². The van der Waals surface area contributed by atoms with Crippen molar-refractivity contribution in [3.8, 4) is 5.75 Å². The Morgan fingerprint density at radius 2 is 2.28 bits per heavy atom. The number of carbonyl (C=O) groups excluding carboxylic acids is 1. The second-order valence-electron chi connectivity index (χ2n) is 4.89. The molecule has 3 rings (SSSR count). The number of nitrogens with zero attached hydrogens (tertiary/aromatic N) is 1. The second-order valence-corrected chi connectivity index (χ2v) is 4.89. The van der Waals surface area contributed by atoms with Gasteiger partial charge in [0.15, 0.2) is 0 Å². The molecule has 1 aromatic rings. The second kappa shape index (κ2) is 4.98. The summed E-state index contributed by atoms with van der Waals surface area (Å²) < 4.78 is 5.63. The minimum atomic E-state index is 0.0943. The number of nitrogens with one attached hydrogen (secondary N) is 1. The highest BCUT2D eigenvalue weighted by Gasteiger charge is 2.26. The molecule has 1 fully saturated rings. The molecule has 0 radical (unpaired) electrons. The van der Waals surface area contributed by atoms with Crippen LogP contribution >= 0.6 is 0 Å². The van der Waals surface area contributed by atoms with Crippen LogP contribution in [0.15, 0.2) is 24.3 Å². The Balaban J connectivity index is 1.78. The van der Waals surface area contributed by atoms with Gasteiger partial charge >= 0.3 is 0 Å². The van der Waals surface area contributed by atoms with E-state index in [0.717, 1.165) is 19.5 Å². The van der Waals surface area contributed by atoms with E-state index < -0.39 is 0 Å². The van der Waals surface area contributed by atoms with Gasteiger partial charge in [0, 0.05) is 12.6 Å². The summed E-state index contributed by atoms with van der Waals surface area (Å²) in [6.45, 7) is 3.11. The third kappa shape index (κ3) is 2.20. The molecule has 1 saturated heterocycles. The summed E-state index contributed by atoms with van der Waals surface area (Å²) in [5, 5.41) is 3.43. The fourth-order valence-corrected chi connectivity index (χ4v) is 2.66. The minimum Gasteiger partial charge on any atom is -0.491 e. The van der Waals surface area contributed by atoms with Crippen molar-refractivity contribution in [2.24, 2.45) is 0 Å². The summed E-state index contributed by atoms with van der Waals surface area (Å²) in [7, 11) is 0. The average Bonchev–Trinajstić information content (AvgIpc) is 2.85. The van der Waals surface area contributed by atoms with E-state index in [1.807, 2.05) is 29.2 Å². The van der Waals surface area contributed by atoms with Crippen molar-refractivity contribution in [2.75, 3.05) is 26.2 Å². The predicted molar refractivity (Wildman–Crippen MR) is 68.9 cm³/mol. The first kappa shape index (κ1) is 11.5.